The summed E-state index contributed by atoms with van der Waals surface area (Å²) in [5.41, 5.74) is 13.7. The number of fused-ring (bicyclic) bond motifs is 12. The zero-order valence-corrected chi connectivity index (χ0v) is 31.9. The fourth-order valence-corrected chi connectivity index (χ4v) is 10.0. The first kappa shape index (κ1) is 32.2. The van der Waals surface area contributed by atoms with Gasteiger partial charge in [0.2, 0.25) is 0 Å². The van der Waals surface area contributed by atoms with Crippen molar-refractivity contribution in [3.63, 3.8) is 0 Å². The van der Waals surface area contributed by atoms with E-state index < -0.39 is 0 Å². The van der Waals surface area contributed by atoms with E-state index in [-0.39, 0.29) is 0 Å². The molecule has 0 saturated carbocycles. The maximum atomic E-state index is 6.43. The molecule has 0 saturated heterocycles. The summed E-state index contributed by atoms with van der Waals surface area (Å²) < 4.78 is 11.2. The molecule has 0 aliphatic carbocycles. The first-order valence-electron chi connectivity index (χ1n) is 20.3. The van der Waals surface area contributed by atoms with Crippen molar-refractivity contribution >= 4 is 87.1 Å². The Morgan fingerprint density at radius 3 is 1.42 bits per heavy atom. The molecular formula is C56H34N2O. The molecule has 0 fully saturated rings. The van der Waals surface area contributed by atoms with Gasteiger partial charge in [0.15, 0.2) is 0 Å². The number of nitrogens with zero attached hydrogens (tertiary/aromatic N) is 2. The van der Waals surface area contributed by atoms with Crippen molar-refractivity contribution < 1.29 is 4.42 Å². The lowest BCUT2D eigenvalue weighted by Gasteiger charge is -2.18. The molecule has 0 bridgehead atoms. The highest BCUT2D eigenvalue weighted by atomic mass is 16.3. The van der Waals surface area contributed by atoms with Crippen molar-refractivity contribution in [3.8, 4) is 33.6 Å². The first-order chi connectivity index (χ1) is 29.3. The maximum Gasteiger partial charge on any atom is 0.137 e. The van der Waals surface area contributed by atoms with E-state index in [4.69, 9.17) is 4.42 Å². The molecule has 3 heteroatoms. The molecule has 13 rings (SSSR count). The van der Waals surface area contributed by atoms with Crippen LogP contribution >= 0.6 is 0 Å². The number of benzene rings is 10. The average Bonchev–Trinajstić information content (AvgIpc) is 3.96. The van der Waals surface area contributed by atoms with E-state index >= 15 is 0 Å². The summed E-state index contributed by atoms with van der Waals surface area (Å²) in [4.78, 5) is 0. The zero-order chi connectivity index (χ0) is 38.6. The van der Waals surface area contributed by atoms with Crippen molar-refractivity contribution in [1.82, 2.24) is 9.13 Å². The molecule has 13 aromatic rings. The Morgan fingerprint density at radius 1 is 0.288 bits per heavy atom. The highest BCUT2D eigenvalue weighted by Crippen LogP contribution is 2.47. The van der Waals surface area contributed by atoms with E-state index in [9.17, 15) is 0 Å². The molecule has 0 atom stereocenters. The minimum absolute atomic E-state index is 0.898. The highest BCUT2D eigenvalue weighted by molar-refractivity contribution is 6.26. The summed E-state index contributed by atoms with van der Waals surface area (Å²) in [5.74, 6) is 0. The average molecular weight is 751 g/mol. The van der Waals surface area contributed by atoms with E-state index in [1.54, 1.807) is 0 Å². The molecule has 3 heterocycles. The molecule has 3 nitrogen and oxygen atoms in total. The van der Waals surface area contributed by atoms with Gasteiger partial charge in [0, 0.05) is 38.3 Å². The minimum atomic E-state index is 0.898. The molecule has 3 aromatic heterocycles. The number of para-hydroxylation sites is 4. The van der Waals surface area contributed by atoms with Crippen molar-refractivity contribution in [2.45, 2.75) is 0 Å². The molecule has 0 amide bonds. The van der Waals surface area contributed by atoms with E-state index in [1.807, 2.05) is 6.07 Å². The van der Waals surface area contributed by atoms with Gasteiger partial charge in [0.25, 0.3) is 0 Å². The Kier molecular flexibility index (Phi) is 6.72. The Morgan fingerprint density at radius 2 is 0.780 bits per heavy atom. The van der Waals surface area contributed by atoms with Gasteiger partial charge >= 0.3 is 0 Å². The van der Waals surface area contributed by atoms with Gasteiger partial charge in [0.05, 0.1) is 27.5 Å². The van der Waals surface area contributed by atoms with E-state index in [0.29, 0.717) is 0 Å². The standard InChI is InChI=1S/C56H34N2O/c1-2-14-37(15-3-1)58-50-32-28-36(34-47(50)45-31-33-52-55(56(45)58)46-22-10-13-25-51(46)59-52)54-43-20-6-4-18-41(43)53(42-19-5-7-21-44(42)54)35-26-29-38(30-27-35)57-48-23-11-8-16-39(48)40-17-9-12-24-49(40)57/h1-34H. The monoisotopic (exact) mass is 750 g/mol. The van der Waals surface area contributed by atoms with E-state index in [1.165, 1.54) is 87.4 Å². The van der Waals surface area contributed by atoms with Crippen LogP contribution in [0.15, 0.2) is 211 Å². The molecule has 0 N–H and O–H groups in total. The molecule has 0 aliphatic heterocycles. The minimum Gasteiger partial charge on any atom is -0.456 e. The number of rotatable bonds is 4. The molecule has 274 valence electrons. The lowest BCUT2D eigenvalue weighted by atomic mass is 9.85. The quantitative estimate of drug-likeness (QED) is 0.164. The van der Waals surface area contributed by atoms with Crippen molar-refractivity contribution in [3.05, 3.63) is 206 Å². The van der Waals surface area contributed by atoms with Crippen LogP contribution < -0.4 is 0 Å². The van der Waals surface area contributed by atoms with E-state index in [0.717, 1.165) is 33.3 Å². The van der Waals surface area contributed by atoms with Crippen molar-refractivity contribution in [2.24, 2.45) is 0 Å². The van der Waals surface area contributed by atoms with Gasteiger partial charge in [-0.1, -0.05) is 140 Å². The van der Waals surface area contributed by atoms with E-state index in [2.05, 4.69) is 209 Å². The number of aromatic nitrogens is 2. The van der Waals surface area contributed by atoms with Gasteiger partial charge in [-0.3, -0.25) is 0 Å². The Labute approximate surface area is 339 Å². The normalized spacial score (nSPS) is 12.1. The second-order valence-corrected chi connectivity index (χ2v) is 15.6. The maximum absolute atomic E-state index is 6.43. The van der Waals surface area contributed by atoms with Crippen molar-refractivity contribution in [1.29, 1.82) is 0 Å². The topological polar surface area (TPSA) is 23.0 Å². The largest absolute Gasteiger partial charge is 0.456 e. The molecule has 0 radical (unpaired) electrons. The van der Waals surface area contributed by atoms with Crippen LogP contribution in [0.2, 0.25) is 0 Å². The van der Waals surface area contributed by atoms with Crippen LogP contribution in [0.4, 0.5) is 0 Å². The Balaban J connectivity index is 1.04. The fourth-order valence-electron chi connectivity index (χ4n) is 10.0. The Bertz CT molecular complexity index is 3720. The van der Waals surface area contributed by atoms with Crippen molar-refractivity contribution in [2.75, 3.05) is 0 Å². The lowest BCUT2D eigenvalue weighted by Crippen LogP contribution is -1.95. The third kappa shape index (κ3) is 4.58. The van der Waals surface area contributed by atoms with Crippen LogP contribution in [0, 0.1) is 0 Å². The summed E-state index contributed by atoms with van der Waals surface area (Å²) in [6, 6.07) is 75.0. The van der Waals surface area contributed by atoms with Gasteiger partial charge in [-0.05, 0) is 111 Å². The third-order valence-electron chi connectivity index (χ3n) is 12.5. The van der Waals surface area contributed by atoms with Gasteiger partial charge < -0.3 is 13.6 Å². The van der Waals surface area contributed by atoms with Gasteiger partial charge in [-0.25, -0.2) is 0 Å². The first-order valence-corrected chi connectivity index (χ1v) is 20.3. The number of furan rings is 1. The zero-order valence-electron chi connectivity index (χ0n) is 31.9. The van der Waals surface area contributed by atoms with Crippen LogP contribution in [0.25, 0.3) is 121 Å². The molecular weight excluding hydrogens is 717 g/mol. The molecule has 0 aliphatic rings. The SMILES string of the molecule is c1ccc(-n2c3ccc(-c4c5ccccc5c(-c5ccc(-n6c7ccccc7c7ccccc76)cc5)c5ccccc45)cc3c3ccc4oc5ccccc5c4c32)cc1. The molecule has 0 spiro atoms. The second-order valence-electron chi connectivity index (χ2n) is 15.6. The summed E-state index contributed by atoms with van der Waals surface area (Å²) in [6.07, 6.45) is 0. The summed E-state index contributed by atoms with van der Waals surface area (Å²) in [5, 5.41) is 12.2. The predicted octanol–water partition coefficient (Wildman–Crippen LogP) is 15.4. The van der Waals surface area contributed by atoms with Crippen LogP contribution in [0.1, 0.15) is 0 Å². The lowest BCUT2D eigenvalue weighted by molar-refractivity contribution is 0.669. The number of hydrogen-bond acceptors (Lipinski definition) is 1. The Hall–Kier alpha value is -7.88. The van der Waals surface area contributed by atoms with Crippen LogP contribution in [0.5, 0.6) is 0 Å². The third-order valence-corrected chi connectivity index (χ3v) is 12.5. The van der Waals surface area contributed by atoms with Gasteiger partial charge in [0.1, 0.15) is 11.2 Å². The second kappa shape index (κ2) is 12.3. The van der Waals surface area contributed by atoms with Crippen LogP contribution in [-0.2, 0) is 0 Å². The summed E-state index contributed by atoms with van der Waals surface area (Å²) in [6.45, 7) is 0. The molecule has 0 unspecified atom stereocenters. The number of hydrogen-bond donors (Lipinski definition) is 0. The van der Waals surface area contributed by atoms with Gasteiger partial charge in [-0.15, -0.1) is 0 Å². The smallest absolute Gasteiger partial charge is 0.137 e. The molecule has 10 aromatic carbocycles. The summed E-state index contributed by atoms with van der Waals surface area (Å²) >= 11 is 0. The van der Waals surface area contributed by atoms with Crippen LogP contribution in [-0.4, -0.2) is 9.13 Å². The highest BCUT2D eigenvalue weighted by Gasteiger charge is 2.22. The predicted molar refractivity (Wildman–Crippen MR) is 248 cm³/mol. The molecule has 59 heavy (non-hydrogen) atoms. The fraction of sp³-hybridized carbons (Fsp3) is 0. The summed E-state index contributed by atoms with van der Waals surface area (Å²) in [7, 11) is 0. The van der Waals surface area contributed by atoms with Crippen LogP contribution in [0.3, 0.4) is 0 Å². The van der Waals surface area contributed by atoms with Gasteiger partial charge in [-0.2, -0.15) is 0 Å².